The molecule has 5 heteroatoms. The van der Waals surface area contributed by atoms with Crippen molar-refractivity contribution in [3.8, 4) is 5.75 Å². The molecule has 0 radical (unpaired) electrons. The molecule has 2 atom stereocenters. The van der Waals surface area contributed by atoms with Crippen LogP contribution in [0.15, 0.2) is 54.6 Å². The van der Waals surface area contributed by atoms with Crippen molar-refractivity contribution in [2.75, 3.05) is 27.3 Å². The fourth-order valence-corrected chi connectivity index (χ4v) is 3.16. The van der Waals surface area contributed by atoms with E-state index in [4.69, 9.17) is 9.47 Å². The molecule has 3 rings (SSSR count). The fraction of sp³-hybridized carbons (Fsp3) is 0.350. The molecule has 25 heavy (non-hydrogen) atoms. The van der Waals surface area contributed by atoms with Gasteiger partial charge in [0, 0.05) is 13.1 Å². The zero-order valence-corrected chi connectivity index (χ0v) is 14.6. The molecule has 0 aliphatic carbocycles. The van der Waals surface area contributed by atoms with E-state index in [-0.39, 0.29) is 11.9 Å². The Balaban J connectivity index is 1.70. The first kappa shape index (κ1) is 17.5. The molecule has 1 amide bonds. The summed E-state index contributed by atoms with van der Waals surface area (Å²) < 4.78 is 11.1. The maximum atomic E-state index is 12.8. The number of hydrogen-bond acceptors (Lipinski definition) is 4. The van der Waals surface area contributed by atoms with Crippen molar-refractivity contribution in [1.82, 2.24) is 10.2 Å². The lowest BCUT2D eigenvalue weighted by atomic mass is 9.98. The molecule has 0 spiro atoms. The van der Waals surface area contributed by atoms with Gasteiger partial charge in [-0.2, -0.15) is 0 Å². The van der Waals surface area contributed by atoms with E-state index in [0.717, 1.165) is 23.4 Å². The van der Waals surface area contributed by atoms with Crippen LogP contribution in [0.4, 0.5) is 0 Å². The molecule has 1 N–H and O–H groups in total. The number of likely N-dealkylation sites (N-methyl/N-ethyl adjacent to an activating group) is 1. The van der Waals surface area contributed by atoms with Crippen LogP contribution in [0.3, 0.4) is 0 Å². The van der Waals surface area contributed by atoms with Crippen LogP contribution < -0.4 is 10.1 Å². The summed E-state index contributed by atoms with van der Waals surface area (Å²) in [6.07, 6.45) is -0.522. The molecule has 0 unspecified atom stereocenters. The van der Waals surface area contributed by atoms with Crippen molar-refractivity contribution >= 4 is 5.91 Å². The summed E-state index contributed by atoms with van der Waals surface area (Å²) in [7, 11) is 3.66. The van der Waals surface area contributed by atoms with E-state index < -0.39 is 6.10 Å². The molecule has 1 heterocycles. The van der Waals surface area contributed by atoms with Crippen LogP contribution >= 0.6 is 0 Å². The van der Waals surface area contributed by atoms with Crippen molar-refractivity contribution in [3.05, 3.63) is 65.7 Å². The summed E-state index contributed by atoms with van der Waals surface area (Å²) in [4.78, 5) is 14.9. The summed E-state index contributed by atoms with van der Waals surface area (Å²) in [6, 6.07) is 17.6. The van der Waals surface area contributed by atoms with Crippen LogP contribution in [-0.4, -0.2) is 44.2 Å². The summed E-state index contributed by atoms with van der Waals surface area (Å²) in [5, 5.41) is 2.99. The minimum Gasteiger partial charge on any atom is -0.497 e. The van der Waals surface area contributed by atoms with E-state index in [2.05, 4.69) is 10.2 Å². The Kier molecular flexibility index (Phi) is 5.68. The van der Waals surface area contributed by atoms with Gasteiger partial charge < -0.3 is 14.8 Å². The maximum absolute atomic E-state index is 12.8. The summed E-state index contributed by atoms with van der Waals surface area (Å²) in [5.74, 6) is 0.686. The Bertz CT molecular complexity index is 705. The highest BCUT2D eigenvalue weighted by molar-refractivity contribution is 5.82. The molecular weight excluding hydrogens is 316 g/mol. The van der Waals surface area contributed by atoms with Crippen LogP contribution in [0.2, 0.25) is 0 Å². The number of nitrogens with one attached hydrogen (secondary N) is 1. The molecule has 2 aromatic carbocycles. The lowest BCUT2D eigenvalue weighted by Crippen LogP contribution is -2.50. The van der Waals surface area contributed by atoms with Crippen molar-refractivity contribution in [3.63, 3.8) is 0 Å². The maximum Gasteiger partial charge on any atom is 0.251 e. The van der Waals surface area contributed by atoms with Crippen LogP contribution in [0.25, 0.3) is 0 Å². The number of ether oxygens (including phenoxy) is 2. The molecule has 1 saturated heterocycles. The first-order valence-corrected chi connectivity index (χ1v) is 8.46. The first-order valence-electron chi connectivity index (χ1n) is 8.46. The zero-order chi connectivity index (χ0) is 17.6. The summed E-state index contributed by atoms with van der Waals surface area (Å²) in [6.45, 7) is 1.80. The van der Waals surface area contributed by atoms with E-state index >= 15 is 0 Å². The predicted octanol–water partition coefficient (Wildman–Crippen LogP) is 2.38. The molecule has 5 nitrogen and oxygen atoms in total. The Morgan fingerprint density at radius 1 is 1.24 bits per heavy atom. The van der Waals surface area contributed by atoms with Crippen molar-refractivity contribution < 1.29 is 14.3 Å². The van der Waals surface area contributed by atoms with Gasteiger partial charge >= 0.3 is 0 Å². The largest absolute Gasteiger partial charge is 0.497 e. The van der Waals surface area contributed by atoms with E-state index in [0.29, 0.717) is 13.2 Å². The first-order chi connectivity index (χ1) is 12.2. The highest BCUT2D eigenvalue weighted by Crippen LogP contribution is 2.28. The van der Waals surface area contributed by atoms with Crippen molar-refractivity contribution in [1.29, 1.82) is 0 Å². The van der Waals surface area contributed by atoms with Gasteiger partial charge in [0.2, 0.25) is 0 Å². The predicted molar refractivity (Wildman–Crippen MR) is 96.4 cm³/mol. The molecule has 132 valence electrons. The average Bonchev–Trinajstić information content (AvgIpc) is 2.66. The Hall–Kier alpha value is -2.37. The number of amides is 1. The zero-order valence-electron chi connectivity index (χ0n) is 14.6. The SMILES string of the molecule is COc1cccc(CNC(=O)[C@@H]2OCCN(C)[C@H]2c2ccccc2)c1. The number of benzene rings is 2. The monoisotopic (exact) mass is 340 g/mol. The molecule has 1 aliphatic heterocycles. The summed E-state index contributed by atoms with van der Waals surface area (Å²) in [5.41, 5.74) is 2.08. The Morgan fingerprint density at radius 2 is 2.04 bits per heavy atom. The second-order valence-electron chi connectivity index (χ2n) is 6.20. The minimum absolute atomic E-state index is 0.0831. The van der Waals surface area contributed by atoms with Gasteiger partial charge in [-0.15, -0.1) is 0 Å². The van der Waals surface area contributed by atoms with Gasteiger partial charge in [0.1, 0.15) is 5.75 Å². The van der Waals surface area contributed by atoms with Gasteiger partial charge in [0.05, 0.1) is 19.8 Å². The third-order valence-electron chi connectivity index (χ3n) is 4.50. The van der Waals surface area contributed by atoms with Crippen LogP contribution in [0, 0.1) is 0 Å². The molecule has 1 aliphatic rings. The van der Waals surface area contributed by atoms with E-state index in [1.165, 1.54) is 0 Å². The number of carbonyl (C=O) groups excluding carboxylic acids is 1. The molecule has 1 fully saturated rings. The van der Waals surface area contributed by atoms with Crippen molar-refractivity contribution in [2.24, 2.45) is 0 Å². The normalized spacial score (nSPS) is 20.9. The lowest BCUT2D eigenvalue weighted by molar-refractivity contribution is -0.144. The molecule has 2 aromatic rings. The van der Waals surface area contributed by atoms with E-state index in [9.17, 15) is 4.79 Å². The van der Waals surface area contributed by atoms with Gasteiger partial charge in [0.25, 0.3) is 5.91 Å². The highest BCUT2D eigenvalue weighted by atomic mass is 16.5. The lowest BCUT2D eigenvalue weighted by Gasteiger charge is -2.38. The smallest absolute Gasteiger partial charge is 0.251 e. The quantitative estimate of drug-likeness (QED) is 0.908. The van der Waals surface area contributed by atoms with Gasteiger partial charge in [-0.3, -0.25) is 9.69 Å². The average molecular weight is 340 g/mol. The van der Waals surface area contributed by atoms with Crippen molar-refractivity contribution in [2.45, 2.75) is 18.7 Å². The molecule has 0 saturated carbocycles. The number of carbonyl (C=O) groups is 1. The third kappa shape index (κ3) is 4.18. The second-order valence-corrected chi connectivity index (χ2v) is 6.20. The third-order valence-corrected chi connectivity index (χ3v) is 4.50. The number of rotatable bonds is 5. The van der Waals surface area contributed by atoms with Gasteiger partial charge in [-0.05, 0) is 30.3 Å². The van der Waals surface area contributed by atoms with Crippen LogP contribution in [-0.2, 0) is 16.1 Å². The number of hydrogen-bond donors (Lipinski definition) is 1. The van der Waals surface area contributed by atoms with Gasteiger partial charge in [-0.1, -0.05) is 42.5 Å². The fourth-order valence-electron chi connectivity index (χ4n) is 3.16. The molecule has 0 bridgehead atoms. The Morgan fingerprint density at radius 3 is 2.80 bits per heavy atom. The number of morpholine rings is 1. The highest BCUT2D eigenvalue weighted by Gasteiger charge is 2.36. The van der Waals surface area contributed by atoms with Gasteiger partial charge in [-0.25, -0.2) is 0 Å². The minimum atomic E-state index is -0.522. The number of methoxy groups -OCH3 is 1. The standard InChI is InChI=1S/C20H24N2O3/c1-22-11-12-25-19(18(22)16-8-4-3-5-9-16)20(23)21-14-15-7-6-10-17(13-15)24-2/h3-10,13,18-19H,11-12,14H2,1-2H3,(H,21,23)/t18-,19+/m0/s1. The topological polar surface area (TPSA) is 50.8 Å². The van der Waals surface area contributed by atoms with E-state index in [1.807, 2.05) is 61.6 Å². The van der Waals surface area contributed by atoms with E-state index in [1.54, 1.807) is 7.11 Å². The Labute approximate surface area is 148 Å². The molecular formula is C20H24N2O3. The van der Waals surface area contributed by atoms with Crippen LogP contribution in [0.1, 0.15) is 17.2 Å². The second kappa shape index (κ2) is 8.14. The van der Waals surface area contributed by atoms with Crippen LogP contribution in [0.5, 0.6) is 5.75 Å². The van der Waals surface area contributed by atoms with Gasteiger partial charge in [0.15, 0.2) is 6.10 Å². The molecule has 0 aromatic heterocycles. The number of nitrogens with zero attached hydrogens (tertiary/aromatic N) is 1. The summed E-state index contributed by atoms with van der Waals surface area (Å²) >= 11 is 0.